The number of pyridine rings is 1. The van der Waals surface area contributed by atoms with Gasteiger partial charge in [0.15, 0.2) is 0 Å². The standard InChI is InChI=1S/C8H10ClN3.ClH/c1-12(2)7-5-6(8(9)10)3-4-11-7;/h3-5,10H,1-2H3;1H. The van der Waals surface area contributed by atoms with E-state index in [0.717, 1.165) is 5.82 Å². The van der Waals surface area contributed by atoms with Gasteiger partial charge in [0.1, 0.15) is 11.0 Å². The normalized spacial score (nSPS) is 8.85. The summed E-state index contributed by atoms with van der Waals surface area (Å²) in [6.07, 6.45) is 1.64. The topological polar surface area (TPSA) is 40.0 Å². The third kappa shape index (κ3) is 3.20. The maximum atomic E-state index is 7.19. The highest BCUT2D eigenvalue weighted by molar-refractivity contribution is 6.68. The molecule has 1 heterocycles. The Hall–Kier alpha value is -0.800. The van der Waals surface area contributed by atoms with Gasteiger partial charge >= 0.3 is 0 Å². The molecule has 1 N–H and O–H groups in total. The molecule has 1 aromatic heterocycles. The number of nitrogens with zero attached hydrogens (tertiary/aromatic N) is 2. The summed E-state index contributed by atoms with van der Waals surface area (Å²) in [7, 11) is 3.79. The van der Waals surface area contributed by atoms with E-state index in [2.05, 4.69) is 4.98 Å². The molecule has 0 fully saturated rings. The quantitative estimate of drug-likeness (QED) is 0.775. The minimum atomic E-state index is 0. The summed E-state index contributed by atoms with van der Waals surface area (Å²) in [4.78, 5) is 5.96. The van der Waals surface area contributed by atoms with Crippen LogP contribution < -0.4 is 4.90 Å². The number of anilines is 1. The Kier molecular flexibility index (Phi) is 4.73. The van der Waals surface area contributed by atoms with E-state index < -0.39 is 0 Å². The van der Waals surface area contributed by atoms with Crippen molar-refractivity contribution in [3.8, 4) is 0 Å². The lowest BCUT2D eigenvalue weighted by Crippen LogP contribution is -2.10. The van der Waals surface area contributed by atoms with Crippen molar-refractivity contribution in [1.82, 2.24) is 4.98 Å². The van der Waals surface area contributed by atoms with Crippen molar-refractivity contribution in [1.29, 1.82) is 5.41 Å². The summed E-state index contributed by atoms with van der Waals surface area (Å²) in [6.45, 7) is 0. The third-order valence-electron chi connectivity index (χ3n) is 1.46. The lowest BCUT2D eigenvalue weighted by molar-refractivity contribution is 1.07. The molecule has 3 nitrogen and oxygen atoms in total. The minimum absolute atomic E-state index is 0. The number of halogens is 2. The van der Waals surface area contributed by atoms with Crippen LogP contribution in [-0.2, 0) is 0 Å². The van der Waals surface area contributed by atoms with Gasteiger partial charge in [-0.25, -0.2) is 4.98 Å². The molecule has 0 saturated carbocycles. The SMILES string of the molecule is CN(C)c1cc(C(=N)Cl)ccn1.Cl. The lowest BCUT2D eigenvalue weighted by atomic mass is 10.3. The van der Waals surface area contributed by atoms with E-state index in [-0.39, 0.29) is 17.6 Å². The van der Waals surface area contributed by atoms with Crippen molar-refractivity contribution in [2.24, 2.45) is 0 Å². The molecule has 0 bridgehead atoms. The number of aromatic nitrogens is 1. The highest BCUT2D eigenvalue weighted by Gasteiger charge is 2.00. The number of rotatable bonds is 2. The molecule has 13 heavy (non-hydrogen) atoms. The summed E-state index contributed by atoms with van der Waals surface area (Å²) in [5.74, 6) is 0.804. The van der Waals surface area contributed by atoms with E-state index >= 15 is 0 Å². The summed E-state index contributed by atoms with van der Waals surface area (Å²) >= 11 is 5.52. The first-order valence-electron chi connectivity index (χ1n) is 3.49. The van der Waals surface area contributed by atoms with Gasteiger partial charge in [0.2, 0.25) is 0 Å². The molecule has 5 heteroatoms. The molecule has 1 rings (SSSR count). The zero-order valence-corrected chi connectivity index (χ0v) is 8.99. The monoisotopic (exact) mass is 219 g/mol. The van der Waals surface area contributed by atoms with Gasteiger partial charge in [-0.1, -0.05) is 11.6 Å². The Morgan fingerprint density at radius 1 is 1.54 bits per heavy atom. The van der Waals surface area contributed by atoms with E-state index in [4.69, 9.17) is 17.0 Å². The van der Waals surface area contributed by atoms with E-state index in [1.807, 2.05) is 19.0 Å². The molecule has 0 atom stereocenters. The molecule has 0 aromatic carbocycles. The van der Waals surface area contributed by atoms with Crippen LogP contribution in [0.1, 0.15) is 5.56 Å². The Balaban J connectivity index is 0.00000144. The van der Waals surface area contributed by atoms with Gasteiger partial charge in [-0.15, -0.1) is 12.4 Å². The van der Waals surface area contributed by atoms with Crippen LogP contribution in [0.25, 0.3) is 0 Å². The molecule has 1 aromatic rings. The molecule has 0 saturated heterocycles. The predicted octanol–water partition coefficient (Wildman–Crippen LogP) is 2.13. The van der Waals surface area contributed by atoms with Crippen LogP contribution in [0.2, 0.25) is 0 Å². The van der Waals surface area contributed by atoms with Gasteiger partial charge in [0.25, 0.3) is 0 Å². The maximum absolute atomic E-state index is 7.19. The Labute approximate surface area is 88.6 Å². The van der Waals surface area contributed by atoms with Gasteiger partial charge < -0.3 is 4.90 Å². The summed E-state index contributed by atoms with van der Waals surface area (Å²) in [5.41, 5.74) is 0.690. The van der Waals surface area contributed by atoms with Crippen molar-refractivity contribution >= 4 is 35.0 Å². The van der Waals surface area contributed by atoms with E-state index in [1.54, 1.807) is 18.3 Å². The average Bonchev–Trinajstić information content (AvgIpc) is 2.04. The zero-order valence-electron chi connectivity index (χ0n) is 7.41. The first-order valence-corrected chi connectivity index (χ1v) is 3.87. The predicted molar refractivity (Wildman–Crippen MR) is 58.5 cm³/mol. The summed E-state index contributed by atoms with van der Waals surface area (Å²) in [6, 6.07) is 3.48. The highest BCUT2D eigenvalue weighted by atomic mass is 35.5. The van der Waals surface area contributed by atoms with Crippen LogP contribution in [0.3, 0.4) is 0 Å². The molecule has 0 aliphatic heterocycles. The van der Waals surface area contributed by atoms with E-state index in [1.165, 1.54) is 0 Å². The highest BCUT2D eigenvalue weighted by Crippen LogP contribution is 2.10. The Bertz CT molecular complexity index is 299. The fourth-order valence-electron chi connectivity index (χ4n) is 0.799. The maximum Gasteiger partial charge on any atom is 0.128 e. The third-order valence-corrected chi connectivity index (χ3v) is 1.68. The molecular weight excluding hydrogens is 209 g/mol. The fourth-order valence-corrected chi connectivity index (χ4v) is 0.917. The van der Waals surface area contributed by atoms with Crippen molar-refractivity contribution in [2.45, 2.75) is 0 Å². The smallest absolute Gasteiger partial charge is 0.128 e. The van der Waals surface area contributed by atoms with Crippen molar-refractivity contribution in [3.63, 3.8) is 0 Å². The molecule has 0 spiro atoms. The van der Waals surface area contributed by atoms with Crippen molar-refractivity contribution < 1.29 is 0 Å². The summed E-state index contributed by atoms with van der Waals surface area (Å²) < 4.78 is 0. The van der Waals surface area contributed by atoms with E-state index in [0.29, 0.717) is 5.56 Å². The second kappa shape index (κ2) is 5.04. The number of nitrogens with one attached hydrogen (secondary N) is 1. The van der Waals surface area contributed by atoms with Crippen LogP contribution in [0.4, 0.5) is 5.82 Å². The Morgan fingerprint density at radius 2 is 2.15 bits per heavy atom. The van der Waals surface area contributed by atoms with Crippen LogP contribution in [-0.4, -0.2) is 24.3 Å². The van der Waals surface area contributed by atoms with Crippen LogP contribution in [0, 0.1) is 5.41 Å². The van der Waals surface area contributed by atoms with Crippen LogP contribution in [0.15, 0.2) is 18.3 Å². The number of hydrogen-bond donors (Lipinski definition) is 1. The van der Waals surface area contributed by atoms with Gasteiger partial charge in [0, 0.05) is 25.9 Å². The largest absolute Gasteiger partial charge is 0.363 e. The first-order chi connectivity index (χ1) is 5.61. The average molecular weight is 220 g/mol. The van der Waals surface area contributed by atoms with Gasteiger partial charge in [-0.05, 0) is 12.1 Å². The molecule has 0 amide bonds. The first kappa shape index (κ1) is 12.2. The molecule has 0 aliphatic rings. The second-order valence-corrected chi connectivity index (χ2v) is 2.99. The lowest BCUT2D eigenvalue weighted by Gasteiger charge is -2.10. The van der Waals surface area contributed by atoms with Crippen molar-refractivity contribution in [3.05, 3.63) is 23.9 Å². The molecule has 0 aliphatic carbocycles. The number of hydrogen-bond acceptors (Lipinski definition) is 3. The minimum Gasteiger partial charge on any atom is -0.363 e. The van der Waals surface area contributed by atoms with Crippen LogP contribution >= 0.6 is 24.0 Å². The van der Waals surface area contributed by atoms with Crippen LogP contribution in [0.5, 0.6) is 0 Å². The fraction of sp³-hybridized carbons (Fsp3) is 0.250. The van der Waals surface area contributed by atoms with Gasteiger partial charge in [-0.3, -0.25) is 5.41 Å². The molecular formula is C8H11Cl2N3. The molecule has 0 radical (unpaired) electrons. The second-order valence-electron chi connectivity index (χ2n) is 2.61. The zero-order chi connectivity index (χ0) is 9.14. The Morgan fingerprint density at radius 3 is 2.62 bits per heavy atom. The molecule has 72 valence electrons. The van der Waals surface area contributed by atoms with Gasteiger partial charge in [0.05, 0.1) is 0 Å². The molecule has 0 unspecified atom stereocenters. The van der Waals surface area contributed by atoms with Gasteiger partial charge in [-0.2, -0.15) is 0 Å². The van der Waals surface area contributed by atoms with Crippen molar-refractivity contribution in [2.75, 3.05) is 19.0 Å². The van der Waals surface area contributed by atoms with E-state index in [9.17, 15) is 0 Å². The summed E-state index contributed by atoms with van der Waals surface area (Å²) in [5, 5.41) is 7.23.